The van der Waals surface area contributed by atoms with Gasteiger partial charge in [0.1, 0.15) is 17.9 Å². The van der Waals surface area contributed by atoms with Gasteiger partial charge >= 0.3 is 0 Å². The highest BCUT2D eigenvalue weighted by atomic mass is 16.6. The van der Waals surface area contributed by atoms with Gasteiger partial charge in [0.05, 0.1) is 13.7 Å². The molecule has 0 saturated carbocycles. The lowest BCUT2D eigenvalue weighted by Gasteiger charge is -2.11. The van der Waals surface area contributed by atoms with Gasteiger partial charge in [-0.3, -0.25) is 14.4 Å². The number of nitrogens with one attached hydrogen (secondary N) is 2. The molecule has 2 N–H and O–H groups in total. The van der Waals surface area contributed by atoms with Gasteiger partial charge in [-0.05, 0) is 44.4 Å². The van der Waals surface area contributed by atoms with Crippen LogP contribution in [0.3, 0.4) is 0 Å². The molecule has 0 bridgehead atoms. The lowest BCUT2D eigenvalue weighted by Crippen LogP contribution is -2.29. The Kier molecular flexibility index (Phi) is 7.05. The number of benzene rings is 2. The quantitative estimate of drug-likeness (QED) is 0.415. The first-order valence-electron chi connectivity index (χ1n) is 9.49. The van der Waals surface area contributed by atoms with Crippen LogP contribution in [-0.4, -0.2) is 51.1 Å². The fraction of sp³-hybridized carbons (Fsp3) is 0.273. The van der Waals surface area contributed by atoms with Crippen LogP contribution in [0.15, 0.2) is 52.9 Å². The molecule has 158 valence electrons. The Balaban J connectivity index is 1.57. The van der Waals surface area contributed by atoms with Crippen molar-refractivity contribution >= 4 is 22.8 Å². The van der Waals surface area contributed by atoms with E-state index in [4.69, 9.17) is 9.15 Å². The zero-order valence-electron chi connectivity index (χ0n) is 17.2. The summed E-state index contributed by atoms with van der Waals surface area (Å²) in [7, 11) is 5.27. The fourth-order valence-electron chi connectivity index (χ4n) is 3.02. The van der Waals surface area contributed by atoms with E-state index in [1.165, 1.54) is 7.11 Å². The molecule has 0 aliphatic carbocycles. The molecule has 1 aromatic heterocycles. The summed E-state index contributed by atoms with van der Waals surface area (Å²) in [6, 6.07) is 14.2. The second-order valence-electron chi connectivity index (χ2n) is 6.91. The molecular formula is C22H25N3O5. The summed E-state index contributed by atoms with van der Waals surface area (Å²) in [5, 5.41) is 3.77. The molecule has 0 aliphatic rings. The van der Waals surface area contributed by atoms with E-state index in [0.29, 0.717) is 35.7 Å². The maximum absolute atomic E-state index is 12.7. The molecule has 2 amide bonds. The smallest absolute Gasteiger partial charge is 0.287 e. The summed E-state index contributed by atoms with van der Waals surface area (Å²) in [6.45, 7) is 1.18. The van der Waals surface area contributed by atoms with Crippen molar-refractivity contribution in [2.45, 2.75) is 6.54 Å². The van der Waals surface area contributed by atoms with Crippen LogP contribution in [0.1, 0.15) is 26.5 Å². The summed E-state index contributed by atoms with van der Waals surface area (Å²) in [5.74, 6) is 0.294. The van der Waals surface area contributed by atoms with Gasteiger partial charge in [-0.1, -0.05) is 18.2 Å². The molecule has 8 nitrogen and oxygen atoms in total. The maximum Gasteiger partial charge on any atom is 0.287 e. The summed E-state index contributed by atoms with van der Waals surface area (Å²) in [6.07, 6.45) is 0. The van der Waals surface area contributed by atoms with Crippen LogP contribution in [0, 0.1) is 0 Å². The molecule has 0 radical (unpaired) electrons. The number of furan rings is 1. The van der Waals surface area contributed by atoms with Crippen LogP contribution in [0.2, 0.25) is 0 Å². The first-order chi connectivity index (χ1) is 14.5. The third kappa shape index (κ3) is 5.16. The first-order valence-corrected chi connectivity index (χ1v) is 9.49. The van der Waals surface area contributed by atoms with Crippen LogP contribution in [-0.2, 0) is 11.4 Å². The number of carbonyl (C=O) groups excluding carboxylic acids is 2. The lowest BCUT2D eigenvalue weighted by atomic mass is 10.1. The van der Waals surface area contributed by atoms with E-state index in [-0.39, 0.29) is 18.4 Å². The highest BCUT2D eigenvalue weighted by molar-refractivity contribution is 5.99. The zero-order chi connectivity index (χ0) is 21.5. The summed E-state index contributed by atoms with van der Waals surface area (Å²) >= 11 is 0. The standard InChI is InChI=1S/C22H25N3O5/c1-25(2)14-18-17-6-4-5-7-19(17)30-20(18)22(27)23-12-13-29-16-10-8-15(9-11-16)21(26)24-28-3/h4-11H,12-14H2,1-3H3,(H,23,27)(H,24,26). The van der Waals surface area contributed by atoms with Crippen molar-refractivity contribution in [3.05, 3.63) is 65.4 Å². The van der Waals surface area contributed by atoms with Crippen LogP contribution >= 0.6 is 0 Å². The molecule has 0 aliphatic heterocycles. The minimum Gasteiger partial charge on any atom is -0.492 e. The Bertz CT molecular complexity index is 1010. The van der Waals surface area contributed by atoms with Crippen LogP contribution in [0.25, 0.3) is 11.0 Å². The van der Waals surface area contributed by atoms with E-state index >= 15 is 0 Å². The summed E-state index contributed by atoms with van der Waals surface area (Å²) in [4.78, 5) is 30.9. The molecule has 0 spiro atoms. The van der Waals surface area contributed by atoms with Gasteiger partial charge in [0.25, 0.3) is 11.8 Å². The number of fused-ring (bicyclic) bond motifs is 1. The van der Waals surface area contributed by atoms with E-state index in [0.717, 1.165) is 10.9 Å². The number of amides is 2. The average molecular weight is 411 g/mol. The molecule has 2 aromatic carbocycles. The van der Waals surface area contributed by atoms with Gasteiger partial charge in [-0.25, -0.2) is 5.48 Å². The lowest BCUT2D eigenvalue weighted by molar-refractivity contribution is 0.0537. The second-order valence-corrected chi connectivity index (χ2v) is 6.91. The Morgan fingerprint density at radius 3 is 2.47 bits per heavy atom. The predicted molar refractivity (Wildman–Crippen MR) is 112 cm³/mol. The molecule has 0 atom stereocenters. The Hall–Kier alpha value is -3.36. The number of carbonyl (C=O) groups is 2. The number of hydroxylamine groups is 1. The Labute approximate surface area is 174 Å². The van der Waals surface area contributed by atoms with Crippen molar-refractivity contribution in [3.8, 4) is 5.75 Å². The van der Waals surface area contributed by atoms with Crippen LogP contribution in [0.5, 0.6) is 5.75 Å². The molecule has 0 fully saturated rings. The molecule has 3 aromatic rings. The number of rotatable bonds is 9. The van der Waals surface area contributed by atoms with E-state index in [2.05, 4.69) is 15.6 Å². The number of ether oxygens (including phenoxy) is 1. The van der Waals surface area contributed by atoms with Gasteiger partial charge in [0, 0.05) is 23.1 Å². The summed E-state index contributed by atoms with van der Waals surface area (Å²) < 4.78 is 11.4. The van der Waals surface area contributed by atoms with E-state index < -0.39 is 0 Å². The number of hydrogen-bond donors (Lipinski definition) is 2. The third-order valence-electron chi connectivity index (χ3n) is 4.35. The van der Waals surface area contributed by atoms with Gasteiger partial charge in [-0.15, -0.1) is 0 Å². The summed E-state index contributed by atoms with van der Waals surface area (Å²) in [5.41, 5.74) is 4.25. The zero-order valence-corrected chi connectivity index (χ0v) is 17.2. The van der Waals surface area contributed by atoms with Crippen molar-refractivity contribution in [2.75, 3.05) is 34.4 Å². The molecule has 0 unspecified atom stereocenters. The molecular weight excluding hydrogens is 386 g/mol. The maximum atomic E-state index is 12.7. The molecule has 30 heavy (non-hydrogen) atoms. The van der Waals surface area contributed by atoms with Crippen molar-refractivity contribution in [2.24, 2.45) is 0 Å². The van der Waals surface area contributed by atoms with Crippen molar-refractivity contribution in [3.63, 3.8) is 0 Å². The van der Waals surface area contributed by atoms with Gasteiger partial charge in [0.2, 0.25) is 0 Å². The number of para-hydroxylation sites is 1. The third-order valence-corrected chi connectivity index (χ3v) is 4.35. The molecule has 8 heteroatoms. The van der Waals surface area contributed by atoms with Gasteiger partial charge in [0.15, 0.2) is 5.76 Å². The highest BCUT2D eigenvalue weighted by Crippen LogP contribution is 2.26. The second kappa shape index (κ2) is 9.91. The van der Waals surface area contributed by atoms with Crippen LogP contribution < -0.4 is 15.5 Å². The Morgan fingerprint density at radius 1 is 1.03 bits per heavy atom. The average Bonchev–Trinajstić information content (AvgIpc) is 3.10. The minimum atomic E-state index is -0.337. The monoisotopic (exact) mass is 411 g/mol. The van der Waals surface area contributed by atoms with Crippen molar-refractivity contribution in [1.29, 1.82) is 0 Å². The predicted octanol–water partition coefficient (Wildman–Crippen LogP) is 2.59. The first kappa shape index (κ1) is 21.4. The normalized spacial score (nSPS) is 10.9. The SMILES string of the molecule is CONC(=O)c1ccc(OCCNC(=O)c2oc3ccccc3c2CN(C)C)cc1. The van der Waals surface area contributed by atoms with Crippen LogP contribution in [0.4, 0.5) is 0 Å². The van der Waals surface area contributed by atoms with Gasteiger partial charge < -0.3 is 19.4 Å². The number of nitrogens with zero attached hydrogens (tertiary/aromatic N) is 1. The number of hydrogen-bond acceptors (Lipinski definition) is 6. The Morgan fingerprint density at radius 2 is 1.77 bits per heavy atom. The molecule has 0 saturated heterocycles. The van der Waals surface area contributed by atoms with Crippen molar-refractivity contribution in [1.82, 2.24) is 15.7 Å². The van der Waals surface area contributed by atoms with Gasteiger partial charge in [-0.2, -0.15) is 0 Å². The van der Waals surface area contributed by atoms with E-state index in [1.54, 1.807) is 24.3 Å². The highest BCUT2D eigenvalue weighted by Gasteiger charge is 2.20. The molecule has 3 rings (SSSR count). The van der Waals surface area contributed by atoms with Crippen molar-refractivity contribution < 1.29 is 23.6 Å². The molecule has 1 heterocycles. The fourth-order valence-corrected chi connectivity index (χ4v) is 3.02. The minimum absolute atomic E-state index is 0.276. The topological polar surface area (TPSA) is 93.0 Å². The van der Waals surface area contributed by atoms with E-state index in [1.807, 2.05) is 43.3 Å². The largest absolute Gasteiger partial charge is 0.492 e. The van der Waals surface area contributed by atoms with E-state index in [9.17, 15) is 9.59 Å².